The molecule has 0 aromatic rings. The molecule has 8 fully saturated rings. The standard InChI is InChI=1S/C75H116F8N12O14/c1-11-44(4)61-70(106)88(6)42-59(99)89(7)52-20-13-12-16-30-94(69(52)105)55(39-45-21-24-48(25-22-45)74(78,79)80)67(103)87(5)41-57(97)84-51(26-23-46-37-49(76)60(50(77)38-46)75(81,82)83)66(102)95-31-27-56(96)63(95)65(101)86-73(28-17-29-73)72(108)92(10)62(47-18-14-15-19-47)71(107)91(9)54(68(104)93-32-34-109-35-33-93)40-58(98)90(8)53(36-43(2)3)64(100)85-61/h43-56,60-63,96H,11-42H2,1-10H3,(H,84,97)(H,85,100)(H,86,101)/t44-,45?,46?,48?,49?,50?,51-,52-,53-,54-,55-,56-,60?,61-,62?,63-/m0/s1. The zero-order chi connectivity index (χ0) is 80.5. The molecule has 4 N–H and O–H groups in total. The van der Waals surface area contributed by atoms with E-state index in [1.165, 1.54) is 61.9 Å². The molecule has 26 nitrogen and oxygen atoms in total. The second-order valence-corrected chi connectivity index (χ2v) is 32.7. The number of alkyl halides is 8. The first kappa shape index (κ1) is 87.6. The molecule has 0 aromatic carbocycles. The summed E-state index contributed by atoms with van der Waals surface area (Å²) in [6.45, 7) is 5.61. The highest BCUT2D eigenvalue weighted by atomic mass is 19.4. The number of aliphatic hydroxyl groups is 1. The van der Waals surface area contributed by atoms with Crippen molar-refractivity contribution in [3.8, 4) is 0 Å². The van der Waals surface area contributed by atoms with Crippen molar-refractivity contribution in [1.29, 1.82) is 0 Å². The van der Waals surface area contributed by atoms with E-state index >= 15 is 47.1 Å². The minimum Gasteiger partial charge on any atom is -0.390 e. The van der Waals surface area contributed by atoms with Crippen molar-refractivity contribution in [3.05, 3.63) is 0 Å². The topological polar surface area (TPSA) is 300 Å². The maximum Gasteiger partial charge on any atom is 0.397 e. The van der Waals surface area contributed by atoms with Gasteiger partial charge in [-0.2, -0.15) is 26.3 Å². The molecule has 109 heavy (non-hydrogen) atoms. The molecular formula is C75H116F8N12O14. The molecule has 0 aromatic heterocycles. The summed E-state index contributed by atoms with van der Waals surface area (Å²) < 4.78 is 121. The third-order valence-electron chi connectivity index (χ3n) is 24.8. The smallest absolute Gasteiger partial charge is 0.390 e. The van der Waals surface area contributed by atoms with Crippen molar-refractivity contribution < 1.29 is 103 Å². The van der Waals surface area contributed by atoms with Crippen LogP contribution in [-0.4, -0.2) is 300 Å². The van der Waals surface area contributed by atoms with Crippen LogP contribution < -0.4 is 16.0 Å². The van der Waals surface area contributed by atoms with Gasteiger partial charge < -0.3 is 69.9 Å². The molecule has 2 bridgehead atoms. The molecule has 34 heteroatoms. The summed E-state index contributed by atoms with van der Waals surface area (Å²) in [5.74, 6) is -17.4. The normalized spacial score (nSPS) is 32.5. The summed E-state index contributed by atoms with van der Waals surface area (Å²) in [6, 6.07) is -11.8. The van der Waals surface area contributed by atoms with Gasteiger partial charge in [-0.25, -0.2) is 8.78 Å². The Morgan fingerprint density at radius 3 is 1.78 bits per heavy atom. The number of amides is 12. The second kappa shape index (κ2) is 37.6. The van der Waals surface area contributed by atoms with Crippen LogP contribution in [0.15, 0.2) is 0 Å². The van der Waals surface area contributed by atoms with Crippen LogP contribution in [0, 0.1) is 41.4 Å². The van der Waals surface area contributed by atoms with E-state index in [4.69, 9.17) is 4.74 Å². The van der Waals surface area contributed by atoms with E-state index in [2.05, 4.69) is 16.0 Å². The summed E-state index contributed by atoms with van der Waals surface area (Å²) in [5.41, 5.74) is -1.77. The van der Waals surface area contributed by atoms with E-state index < -0.39 is 230 Å². The fourth-order valence-corrected chi connectivity index (χ4v) is 17.7. The predicted molar refractivity (Wildman–Crippen MR) is 380 cm³/mol. The average Bonchev–Trinajstić information content (AvgIpc) is 1.75. The van der Waals surface area contributed by atoms with Crippen molar-refractivity contribution in [1.82, 2.24) is 60.0 Å². The van der Waals surface area contributed by atoms with Gasteiger partial charge >= 0.3 is 12.4 Å². The molecule has 4 aliphatic heterocycles. The maximum absolute atomic E-state index is 15.7. The molecule has 1 spiro atoms. The van der Waals surface area contributed by atoms with Crippen molar-refractivity contribution in [2.75, 3.05) is 94.8 Å². The van der Waals surface area contributed by atoms with Gasteiger partial charge in [0.15, 0.2) is 0 Å². The lowest BCUT2D eigenvalue weighted by Gasteiger charge is -2.47. The third kappa shape index (κ3) is 21.0. The van der Waals surface area contributed by atoms with Crippen molar-refractivity contribution in [2.24, 2.45) is 41.4 Å². The van der Waals surface area contributed by atoms with E-state index in [1.54, 1.807) is 13.8 Å². The molecule has 0 radical (unpaired) electrons. The fourth-order valence-electron chi connectivity index (χ4n) is 17.7. The van der Waals surface area contributed by atoms with Gasteiger partial charge in [-0.1, -0.05) is 59.8 Å². The second-order valence-electron chi connectivity index (χ2n) is 32.7. The molecule has 12 amide bonds. The molecule has 12 atom stereocenters. The Hall–Kier alpha value is -7.00. The number of fused-ring (bicyclic) bond motifs is 3. The average molecular weight is 1560 g/mol. The fraction of sp³-hybridized carbons (Fsp3) is 0.840. The van der Waals surface area contributed by atoms with Crippen LogP contribution in [0.3, 0.4) is 0 Å². The van der Waals surface area contributed by atoms with E-state index in [0.717, 1.165) is 24.5 Å². The lowest BCUT2D eigenvalue weighted by molar-refractivity contribution is -0.219. The summed E-state index contributed by atoms with van der Waals surface area (Å²) in [7, 11) is 8.00. The summed E-state index contributed by atoms with van der Waals surface area (Å²) in [6.07, 6.45) is -16.6. The number of aliphatic hydroxyl groups excluding tert-OH is 1. The number of nitrogens with zero attached hydrogens (tertiary/aromatic N) is 9. The molecule has 8 aliphatic rings. The number of hydrogen-bond donors (Lipinski definition) is 4. The van der Waals surface area contributed by atoms with Crippen LogP contribution in [0.1, 0.15) is 182 Å². The molecule has 4 heterocycles. The van der Waals surface area contributed by atoms with Crippen molar-refractivity contribution >= 4 is 70.9 Å². The van der Waals surface area contributed by atoms with Crippen LogP contribution in [0.2, 0.25) is 0 Å². The predicted octanol–water partition coefficient (Wildman–Crippen LogP) is 5.30. The molecule has 4 saturated carbocycles. The van der Waals surface area contributed by atoms with Gasteiger partial charge in [-0.05, 0) is 145 Å². The monoisotopic (exact) mass is 1560 g/mol. The number of nitrogens with one attached hydrogen (secondary N) is 3. The minimum absolute atomic E-state index is 0.00178. The lowest BCUT2D eigenvalue weighted by Crippen LogP contribution is -2.69. The Balaban J connectivity index is 1.20. The van der Waals surface area contributed by atoms with Crippen LogP contribution in [0.4, 0.5) is 35.1 Å². The number of rotatable bonds is 11. The number of carbonyl (C=O) groups is 12. The number of halogens is 8. The van der Waals surface area contributed by atoms with Crippen molar-refractivity contribution in [2.45, 2.75) is 266 Å². The van der Waals surface area contributed by atoms with Gasteiger partial charge in [0.05, 0.1) is 44.7 Å². The van der Waals surface area contributed by atoms with Crippen LogP contribution >= 0.6 is 0 Å². The Labute approximate surface area is 633 Å². The Morgan fingerprint density at radius 1 is 0.587 bits per heavy atom. The minimum atomic E-state index is -5.23. The quantitative estimate of drug-likeness (QED) is 0.191. The maximum atomic E-state index is 15.7. The summed E-state index contributed by atoms with van der Waals surface area (Å²) in [5, 5.41) is 20.0. The van der Waals surface area contributed by atoms with E-state index in [-0.39, 0.29) is 116 Å². The third-order valence-corrected chi connectivity index (χ3v) is 24.8. The van der Waals surface area contributed by atoms with Gasteiger partial charge in [0.25, 0.3) is 0 Å². The number of ether oxygens (including phenoxy) is 1. The summed E-state index contributed by atoms with van der Waals surface area (Å²) in [4.78, 5) is 192. The van der Waals surface area contributed by atoms with Crippen LogP contribution in [-0.2, 0) is 62.3 Å². The van der Waals surface area contributed by atoms with E-state index in [0.29, 0.717) is 57.8 Å². The highest BCUT2D eigenvalue weighted by Crippen LogP contribution is 2.46. The zero-order valence-corrected chi connectivity index (χ0v) is 64.8. The van der Waals surface area contributed by atoms with E-state index in [1.807, 2.05) is 13.8 Å². The number of hydrogen-bond acceptors (Lipinski definition) is 14. The van der Waals surface area contributed by atoms with Gasteiger partial charge in [0, 0.05) is 68.5 Å². The molecule has 8 rings (SSSR count). The lowest BCUT2D eigenvalue weighted by atomic mass is 9.74. The molecule has 4 aliphatic carbocycles. The SMILES string of the molecule is CC[C@H](C)[C@@H]1NC(=O)[C@H](CC(C)C)N(C)C(=O)C[C@@H](C(=O)N2CCOCC2)N(C)C(=O)C(C2CCCC2)N(C)C(=O)C2(CCC2)NC(=O)[C@@H]2[C@@H](O)CCN2C(=O)[C@H](CCC2CC(F)C(C(F)(F)F)C(F)C2)NC(=O)CN(C)C(=O)[C@H](CC2CCC(C(F)(F)F)CC2)N2CCCCC[C@@H](C2=O)N(C)C(=O)CN(C)C1=O. The highest BCUT2D eigenvalue weighted by Gasteiger charge is 2.57. The Morgan fingerprint density at radius 2 is 1.20 bits per heavy atom. The first-order valence-corrected chi connectivity index (χ1v) is 39.3. The van der Waals surface area contributed by atoms with Crippen LogP contribution in [0.25, 0.3) is 0 Å². The zero-order valence-electron chi connectivity index (χ0n) is 64.8. The number of carbonyl (C=O) groups excluding carboxylic acids is 12. The number of likely N-dealkylation sites (N-methyl/N-ethyl adjacent to an activating group) is 6. The Kier molecular flexibility index (Phi) is 30.2. The summed E-state index contributed by atoms with van der Waals surface area (Å²) >= 11 is 0. The van der Waals surface area contributed by atoms with Crippen molar-refractivity contribution in [3.63, 3.8) is 0 Å². The van der Waals surface area contributed by atoms with Gasteiger partial charge in [0.1, 0.15) is 72.1 Å². The first-order chi connectivity index (χ1) is 51.2. The molecular weight excluding hydrogens is 1440 g/mol. The number of morpholine rings is 1. The molecule has 4 saturated heterocycles. The highest BCUT2D eigenvalue weighted by molar-refractivity contribution is 6.01. The van der Waals surface area contributed by atoms with Gasteiger partial charge in [-0.15, -0.1) is 0 Å². The molecule has 616 valence electrons. The first-order valence-electron chi connectivity index (χ1n) is 39.3. The van der Waals surface area contributed by atoms with Crippen LogP contribution in [0.5, 0.6) is 0 Å². The van der Waals surface area contributed by atoms with E-state index in [9.17, 15) is 50.6 Å². The van der Waals surface area contributed by atoms with Gasteiger partial charge in [0.2, 0.25) is 70.9 Å². The van der Waals surface area contributed by atoms with Gasteiger partial charge in [-0.3, -0.25) is 57.5 Å². The molecule has 3 unspecified atom stereocenters. The largest absolute Gasteiger partial charge is 0.397 e. The Bertz CT molecular complexity index is 3230.